The van der Waals surface area contributed by atoms with Crippen molar-refractivity contribution in [3.63, 3.8) is 0 Å². The summed E-state index contributed by atoms with van der Waals surface area (Å²) in [5, 5.41) is 0. The molecule has 0 spiro atoms. The van der Waals surface area contributed by atoms with Crippen molar-refractivity contribution in [3.05, 3.63) is 12.8 Å². The molecule has 0 saturated heterocycles. The Hall–Kier alpha value is 1.60. The maximum absolute atomic E-state index is 9.45. The zero-order chi connectivity index (χ0) is 4.99. The Kier molecular flexibility index (Phi) is 23.2. The van der Waals surface area contributed by atoms with Crippen molar-refractivity contribution in [2.75, 3.05) is 0 Å². The molecule has 0 radical (unpaired) electrons. The Morgan fingerprint density at radius 1 is 1.75 bits per heavy atom. The van der Waals surface area contributed by atoms with Gasteiger partial charge in [0, 0.05) is 4.57 Å². The average molecular weight is 155 g/mol. The van der Waals surface area contributed by atoms with E-state index in [1.807, 2.05) is 0 Å². The normalized spacial score (nSPS) is 7.38. The molecule has 6 heteroatoms. The molecule has 0 aromatic rings. The van der Waals surface area contributed by atoms with Crippen molar-refractivity contribution in [2.45, 2.75) is 0 Å². The number of hydrogen-bond donors (Lipinski definition) is 1. The van der Waals surface area contributed by atoms with E-state index < -0.39 is 8.25 Å². The maximum atomic E-state index is 9.45. The molecular formula is C2H6Na2O3P+. The molecule has 0 aromatic carbocycles. The minimum atomic E-state index is -2.47. The maximum Gasteiger partial charge on any atom is 1.00 e. The molecule has 0 aliphatic heterocycles. The van der Waals surface area contributed by atoms with Crippen LogP contribution < -0.4 is 59.1 Å². The van der Waals surface area contributed by atoms with Crippen LogP contribution in [0.4, 0.5) is 0 Å². The fourth-order valence-electron chi connectivity index (χ4n) is 0.0638. The monoisotopic (exact) mass is 155 g/mol. The summed E-state index contributed by atoms with van der Waals surface area (Å²) >= 11 is 0. The van der Waals surface area contributed by atoms with Gasteiger partial charge in [-0.05, 0) is 0 Å². The molecule has 0 aromatic heterocycles. The summed E-state index contributed by atoms with van der Waals surface area (Å²) in [6.45, 7) is 3.03. The number of rotatable bonds is 2. The Morgan fingerprint density at radius 2 is 2.12 bits per heavy atom. The van der Waals surface area contributed by atoms with Crippen LogP contribution in [0.1, 0.15) is 2.85 Å². The van der Waals surface area contributed by atoms with Gasteiger partial charge in [-0.15, -0.1) is 4.89 Å². The average Bonchev–Trinajstić information content (AvgIpc) is 1.35. The molecule has 0 amide bonds. The van der Waals surface area contributed by atoms with Crippen LogP contribution in [0.25, 0.3) is 0 Å². The molecule has 0 bridgehead atoms. The second kappa shape index (κ2) is 11.4. The topological polar surface area (TPSA) is 46.5 Å². The minimum absolute atomic E-state index is 0. The molecule has 0 aliphatic carbocycles. The Bertz CT molecular complexity index is 82.9. The molecule has 1 unspecified atom stereocenters. The summed E-state index contributed by atoms with van der Waals surface area (Å²) in [6.07, 6.45) is 0.915. The molecule has 0 aliphatic rings. The van der Waals surface area contributed by atoms with Crippen molar-refractivity contribution >= 4 is 8.25 Å². The molecule has 38 valence electrons. The van der Waals surface area contributed by atoms with E-state index in [1.54, 1.807) is 0 Å². The van der Waals surface area contributed by atoms with Gasteiger partial charge in [-0.1, -0.05) is 6.58 Å². The molecule has 8 heavy (non-hydrogen) atoms. The third-order valence-electron chi connectivity index (χ3n) is 0.165. The van der Waals surface area contributed by atoms with Crippen LogP contribution >= 0.6 is 8.25 Å². The van der Waals surface area contributed by atoms with E-state index in [-0.39, 0.29) is 62.0 Å². The standard InChI is InChI=1S/C2H3O3P.2Na.2H/c1-2-5-6(3)4;;;;/h2H,1H2;;;;/q;2*+1;2*-1/p+1. The van der Waals surface area contributed by atoms with Crippen LogP contribution in [-0.4, -0.2) is 4.89 Å². The summed E-state index contributed by atoms with van der Waals surface area (Å²) in [6, 6.07) is 0. The van der Waals surface area contributed by atoms with Crippen LogP contribution in [0.15, 0.2) is 12.8 Å². The van der Waals surface area contributed by atoms with E-state index in [1.165, 1.54) is 0 Å². The molecule has 3 nitrogen and oxygen atoms in total. The summed E-state index contributed by atoms with van der Waals surface area (Å²) in [7, 11) is -2.47. The van der Waals surface area contributed by atoms with Crippen LogP contribution in [0.5, 0.6) is 0 Å². The van der Waals surface area contributed by atoms with Crippen molar-refractivity contribution < 1.29 is 76.0 Å². The molecule has 0 fully saturated rings. The van der Waals surface area contributed by atoms with Gasteiger partial charge in [0.15, 0.2) is 0 Å². The van der Waals surface area contributed by atoms with Crippen LogP contribution in [0, 0.1) is 0 Å². The third-order valence-corrected chi connectivity index (χ3v) is 0.494. The van der Waals surface area contributed by atoms with Gasteiger partial charge in [-0.25, -0.2) is 4.52 Å². The van der Waals surface area contributed by atoms with Gasteiger partial charge in [0.1, 0.15) is 6.26 Å². The van der Waals surface area contributed by atoms with Crippen molar-refractivity contribution in [1.82, 2.24) is 0 Å². The summed E-state index contributed by atoms with van der Waals surface area (Å²) in [5.41, 5.74) is 0. The van der Waals surface area contributed by atoms with Crippen molar-refractivity contribution in [3.8, 4) is 0 Å². The SMILES string of the molecule is C=CO[P+](=O)O.[H-].[H-].[Na+].[Na+]. The van der Waals surface area contributed by atoms with E-state index in [0.717, 1.165) is 6.26 Å². The predicted molar refractivity (Wildman–Crippen MR) is 23.3 cm³/mol. The fourth-order valence-corrected chi connectivity index (χ4v) is 0.191. The molecule has 0 heterocycles. The zero-order valence-electron chi connectivity index (χ0n) is 7.00. The van der Waals surface area contributed by atoms with Crippen LogP contribution in [0.2, 0.25) is 0 Å². The molecule has 0 rings (SSSR count). The van der Waals surface area contributed by atoms with E-state index in [4.69, 9.17) is 4.89 Å². The van der Waals surface area contributed by atoms with Gasteiger partial charge in [-0.2, -0.15) is 0 Å². The molecule has 1 atom stereocenters. The molecule has 0 saturated carbocycles. The first-order valence-electron chi connectivity index (χ1n) is 1.21. The predicted octanol–water partition coefficient (Wildman–Crippen LogP) is -4.97. The van der Waals surface area contributed by atoms with Crippen LogP contribution in [-0.2, 0) is 9.09 Å². The fraction of sp³-hybridized carbons (Fsp3) is 0. The first-order chi connectivity index (χ1) is 2.77. The van der Waals surface area contributed by atoms with E-state index in [9.17, 15) is 4.57 Å². The van der Waals surface area contributed by atoms with Gasteiger partial charge >= 0.3 is 67.4 Å². The summed E-state index contributed by atoms with van der Waals surface area (Å²) in [4.78, 5) is 7.77. The van der Waals surface area contributed by atoms with Crippen LogP contribution in [0.3, 0.4) is 0 Å². The van der Waals surface area contributed by atoms with E-state index in [0.29, 0.717) is 0 Å². The van der Waals surface area contributed by atoms with Gasteiger partial charge < -0.3 is 2.85 Å². The zero-order valence-corrected chi connectivity index (χ0v) is 9.89. The first kappa shape index (κ1) is 16.3. The van der Waals surface area contributed by atoms with E-state index in [2.05, 4.69) is 11.1 Å². The Morgan fingerprint density at radius 3 is 2.12 bits per heavy atom. The smallest absolute Gasteiger partial charge is 1.00 e. The molecular weight excluding hydrogens is 149 g/mol. The van der Waals surface area contributed by atoms with Gasteiger partial charge in [-0.3, -0.25) is 0 Å². The Labute approximate surface area is 96.0 Å². The Balaban J connectivity index is -0.0000000208. The third kappa shape index (κ3) is 15.6. The van der Waals surface area contributed by atoms with Crippen molar-refractivity contribution in [1.29, 1.82) is 0 Å². The van der Waals surface area contributed by atoms with Gasteiger partial charge in [0.2, 0.25) is 0 Å². The number of hydrogen-bond acceptors (Lipinski definition) is 2. The quantitative estimate of drug-likeness (QED) is 0.247. The minimum Gasteiger partial charge on any atom is -1.00 e. The van der Waals surface area contributed by atoms with E-state index >= 15 is 0 Å². The summed E-state index contributed by atoms with van der Waals surface area (Å²) < 4.78 is 13.3. The molecule has 1 N–H and O–H groups in total. The van der Waals surface area contributed by atoms with Crippen molar-refractivity contribution in [2.24, 2.45) is 0 Å². The van der Waals surface area contributed by atoms with Gasteiger partial charge in [0.25, 0.3) is 0 Å². The largest absolute Gasteiger partial charge is 1.00 e. The second-order valence-corrected chi connectivity index (χ2v) is 1.20. The first-order valence-corrected chi connectivity index (χ1v) is 2.34. The second-order valence-electron chi connectivity index (χ2n) is 0.510. The summed E-state index contributed by atoms with van der Waals surface area (Å²) in [5.74, 6) is 0. The van der Waals surface area contributed by atoms with Gasteiger partial charge in [0.05, 0.1) is 0 Å².